The SMILES string of the molecule is C=C1N(c2ccccc2)c2ccc(C(=O)CC3(C)CCS(=O)(=O)CC3)cc2C12CC2. The average molecular weight is 422 g/mol. The predicted molar refractivity (Wildman–Crippen MR) is 120 cm³/mol. The van der Waals surface area contributed by atoms with Gasteiger partial charge in [0, 0.05) is 28.8 Å². The van der Waals surface area contributed by atoms with Gasteiger partial charge < -0.3 is 4.90 Å². The summed E-state index contributed by atoms with van der Waals surface area (Å²) in [6, 6.07) is 16.3. The van der Waals surface area contributed by atoms with Crippen LogP contribution in [0.2, 0.25) is 0 Å². The van der Waals surface area contributed by atoms with Crippen LogP contribution in [0.1, 0.15) is 54.9 Å². The Morgan fingerprint density at radius 3 is 2.33 bits per heavy atom. The van der Waals surface area contributed by atoms with E-state index in [9.17, 15) is 13.2 Å². The number of anilines is 2. The summed E-state index contributed by atoms with van der Waals surface area (Å²) in [6.45, 7) is 6.47. The normalized spacial score (nSPS) is 22.7. The van der Waals surface area contributed by atoms with Crippen LogP contribution in [0.4, 0.5) is 11.4 Å². The second-order valence-corrected chi connectivity index (χ2v) is 11.8. The highest BCUT2D eigenvalue weighted by atomic mass is 32.2. The van der Waals surface area contributed by atoms with Gasteiger partial charge in [-0.25, -0.2) is 8.42 Å². The zero-order valence-electron chi connectivity index (χ0n) is 17.4. The molecule has 156 valence electrons. The van der Waals surface area contributed by atoms with Crippen LogP contribution in [0.25, 0.3) is 0 Å². The number of hydrogen-bond donors (Lipinski definition) is 0. The third-order valence-electron chi connectivity index (χ3n) is 7.28. The molecule has 3 aliphatic rings. The van der Waals surface area contributed by atoms with Crippen LogP contribution in [0, 0.1) is 5.41 Å². The summed E-state index contributed by atoms with van der Waals surface area (Å²) in [6.07, 6.45) is 3.66. The standard InChI is InChI=1S/C25H27NO3S/c1-18-25(10-11-25)21-16-19(8-9-22(21)26(18)20-6-4-3-5-7-20)23(27)17-24(2)12-14-30(28,29)15-13-24/h3-9,16H,1,10-15,17H2,2H3. The molecule has 0 aromatic heterocycles. The van der Waals surface area contributed by atoms with E-state index in [1.807, 2.05) is 31.2 Å². The van der Waals surface area contributed by atoms with Crippen LogP contribution in [-0.2, 0) is 15.3 Å². The van der Waals surface area contributed by atoms with Crippen LogP contribution < -0.4 is 4.90 Å². The van der Waals surface area contributed by atoms with Gasteiger partial charge in [-0.1, -0.05) is 31.7 Å². The fourth-order valence-corrected chi connectivity index (χ4v) is 6.87. The summed E-state index contributed by atoms with van der Waals surface area (Å²) >= 11 is 0. The number of carbonyl (C=O) groups is 1. The molecule has 1 aliphatic carbocycles. The van der Waals surface area contributed by atoms with E-state index in [1.54, 1.807) is 0 Å². The maximum absolute atomic E-state index is 13.2. The Bertz CT molecular complexity index is 1130. The molecule has 0 atom stereocenters. The van der Waals surface area contributed by atoms with Crippen molar-refractivity contribution < 1.29 is 13.2 Å². The van der Waals surface area contributed by atoms with Gasteiger partial charge in [0.25, 0.3) is 0 Å². The van der Waals surface area contributed by atoms with Crippen molar-refractivity contribution in [3.05, 3.63) is 71.9 Å². The van der Waals surface area contributed by atoms with Gasteiger partial charge in [0.1, 0.15) is 9.84 Å². The third-order valence-corrected chi connectivity index (χ3v) is 8.93. The molecule has 1 spiro atoms. The summed E-state index contributed by atoms with van der Waals surface area (Å²) in [5.74, 6) is 0.491. The maximum atomic E-state index is 13.2. The van der Waals surface area contributed by atoms with E-state index in [4.69, 9.17) is 0 Å². The topological polar surface area (TPSA) is 54.5 Å². The van der Waals surface area contributed by atoms with Crippen molar-refractivity contribution in [3.8, 4) is 0 Å². The largest absolute Gasteiger partial charge is 0.314 e. The Kier molecular flexibility index (Phi) is 4.27. The van der Waals surface area contributed by atoms with Crippen molar-refractivity contribution in [3.63, 3.8) is 0 Å². The van der Waals surface area contributed by atoms with E-state index in [-0.39, 0.29) is 28.1 Å². The van der Waals surface area contributed by atoms with Crippen LogP contribution in [0.5, 0.6) is 0 Å². The molecule has 2 aliphatic heterocycles. The summed E-state index contributed by atoms with van der Waals surface area (Å²) in [5.41, 5.74) is 4.98. The van der Waals surface area contributed by atoms with Crippen molar-refractivity contribution in [2.75, 3.05) is 16.4 Å². The lowest BCUT2D eigenvalue weighted by atomic mass is 9.78. The number of allylic oxidation sites excluding steroid dienone is 1. The predicted octanol–water partition coefficient (Wildman–Crippen LogP) is 5.17. The average Bonchev–Trinajstić information content (AvgIpc) is 3.49. The van der Waals surface area contributed by atoms with Crippen molar-refractivity contribution in [2.24, 2.45) is 5.41 Å². The van der Waals surface area contributed by atoms with Crippen LogP contribution in [-0.4, -0.2) is 25.7 Å². The molecule has 0 bridgehead atoms. The molecule has 4 nitrogen and oxygen atoms in total. The molecular formula is C25H27NO3S. The van der Waals surface area contributed by atoms with Crippen LogP contribution >= 0.6 is 0 Å². The molecule has 2 fully saturated rings. The number of rotatable bonds is 4. The summed E-state index contributed by atoms with van der Waals surface area (Å²) < 4.78 is 23.6. The number of nitrogens with zero attached hydrogens (tertiary/aromatic N) is 1. The molecule has 30 heavy (non-hydrogen) atoms. The van der Waals surface area contributed by atoms with Gasteiger partial charge in [0.05, 0.1) is 17.2 Å². The zero-order valence-corrected chi connectivity index (χ0v) is 18.2. The first-order valence-corrected chi connectivity index (χ1v) is 12.5. The molecule has 0 radical (unpaired) electrons. The number of hydrogen-bond acceptors (Lipinski definition) is 4. The highest BCUT2D eigenvalue weighted by Gasteiger charge is 2.55. The molecule has 2 heterocycles. The van der Waals surface area contributed by atoms with Crippen molar-refractivity contribution in [1.29, 1.82) is 0 Å². The lowest BCUT2D eigenvalue weighted by molar-refractivity contribution is 0.0911. The molecular weight excluding hydrogens is 394 g/mol. The Balaban J connectivity index is 1.44. The number of para-hydroxylation sites is 1. The highest BCUT2D eigenvalue weighted by molar-refractivity contribution is 7.91. The summed E-state index contributed by atoms with van der Waals surface area (Å²) in [5, 5.41) is 0. The quantitative estimate of drug-likeness (QED) is 0.639. The molecule has 0 N–H and O–H groups in total. The van der Waals surface area contributed by atoms with E-state index in [1.165, 1.54) is 5.56 Å². The fraction of sp³-hybridized carbons (Fsp3) is 0.400. The van der Waals surface area contributed by atoms with Crippen molar-refractivity contribution in [1.82, 2.24) is 0 Å². The minimum Gasteiger partial charge on any atom is -0.314 e. The van der Waals surface area contributed by atoms with Crippen LogP contribution in [0.3, 0.4) is 0 Å². The lowest BCUT2D eigenvalue weighted by Crippen LogP contribution is -2.33. The van der Waals surface area contributed by atoms with E-state index >= 15 is 0 Å². The Labute approximate surface area is 178 Å². The minimum atomic E-state index is -2.93. The number of fused-ring (bicyclic) bond motifs is 2. The third kappa shape index (κ3) is 3.11. The van der Waals surface area contributed by atoms with Gasteiger partial charge >= 0.3 is 0 Å². The first-order chi connectivity index (χ1) is 14.2. The number of ketones is 1. The van der Waals surface area contributed by atoms with Crippen molar-refractivity contribution in [2.45, 2.75) is 44.4 Å². The van der Waals surface area contributed by atoms with Gasteiger partial charge in [-0.3, -0.25) is 4.79 Å². The second kappa shape index (κ2) is 6.55. The van der Waals surface area contributed by atoms with Crippen molar-refractivity contribution >= 4 is 27.0 Å². The first-order valence-electron chi connectivity index (χ1n) is 10.7. The van der Waals surface area contributed by atoms with Gasteiger partial charge in [0.15, 0.2) is 5.78 Å². The van der Waals surface area contributed by atoms with Gasteiger partial charge in [-0.15, -0.1) is 0 Å². The smallest absolute Gasteiger partial charge is 0.163 e. The Morgan fingerprint density at radius 1 is 1.03 bits per heavy atom. The first kappa shape index (κ1) is 19.6. The molecule has 0 unspecified atom stereocenters. The highest BCUT2D eigenvalue weighted by Crippen LogP contribution is 2.63. The minimum absolute atomic E-state index is 0.0374. The molecule has 5 heteroatoms. The summed E-state index contributed by atoms with van der Waals surface area (Å²) in [4.78, 5) is 15.4. The molecule has 0 amide bonds. The van der Waals surface area contributed by atoms with Gasteiger partial charge in [-0.05, 0) is 67.0 Å². The second-order valence-electron chi connectivity index (χ2n) is 9.49. The molecule has 2 aromatic carbocycles. The van der Waals surface area contributed by atoms with E-state index in [2.05, 4.69) is 35.7 Å². The van der Waals surface area contributed by atoms with Gasteiger partial charge in [0.2, 0.25) is 0 Å². The molecule has 2 aromatic rings. The van der Waals surface area contributed by atoms with Crippen LogP contribution in [0.15, 0.2) is 60.8 Å². The molecule has 1 saturated heterocycles. The fourth-order valence-electron chi connectivity index (χ4n) is 5.05. The molecule has 5 rings (SSSR count). The maximum Gasteiger partial charge on any atom is 0.163 e. The summed E-state index contributed by atoms with van der Waals surface area (Å²) in [7, 11) is -2.93. The van der Waals surface area contributed by atoms with E-state index in [0.29, 0.717) is 19.3 Å². The number of benzene rings is 2. The van der Waals surface area contributed by atoms with E-state index < -0.39 is 9.84 Å². The lowest BCUT2D eigenvalue weighted by Gasteiger charge is -2.32. The number of carbonyl (C=O) groups excluding carboxylic acids is 1. The number of Topliss-reactive ketones (excluding diaryl/α,β-unsaturated/α-hetero) is 1. The van der Waals surface area contributed by atoms with E-state index in [0.717, 1.165) is 35.5 Å². The number of sulfone groups is 1. The van der Waals surface area contributed by atoms with Gasteiger partial charge in [-0.2, -0.15) is 0 Å². The monoisotopic (exact) mass is 421 g/mol. The Hall–Kier alpha value is -2.40. The molecule has 1 saturated carbocycles. The Morgan fingerprint density at radius 2 is 1.70 bits per heavy atom. The zero-order chi connectivity index (χ0) is 21.1.